The second-order valence-corrected chi connectivity index (χ2v) is 2.96. The highest BCUT2D eigenvalue weighted by Crippen LogP contribution is 2.22. The molecule has 6 nitrogen and oxygen atoms in total. The fraction of sp³-hybridized carbons (Fsp3) is 0. The molecule has 6 heteroatoms. The van der Waals surface area contributed by atoms with E-state index in [4.69, 9.17) is 11.1 Å². The van der Waals surface area contributed by atoms with Gasteiger partial charge < -0.3 is 16.2 Å². The molecule has 0 radical (unpaired) electrons. The molecular weight excluding hydrogens is 194 g/mol. The van der Waals surface area contributed by atoms with Crippen molar-refractivity contribution in [2.75, 3.05) is 5.32 Å². The van der Waals surface area contributed by atoms with Crippen LogP contribution in [0.5, 0.6) is 5.75 Å². The first-order chi connectivity index (χ1) is 7.16. The summed E-state index contributed by atoms with van der Waals surface area (Å²) in [5.74, 6) is 0.394. The lowest BCUT2D eigenvalue weighted by atomic mass is 10.2. The first kappa shape index (κ1) is 9.20. The summed E-state index contributed by atoms with van der Waals surface area (Å²) in [7, 11) is 0. The third-order valence-electron chi connectivity index (χ3n) is 1.87. The maximum absolute atomic E-state index is 9.26. The number of nitrogens with two attached hydrogens (primary N) is 1. The first-order valence-electron chi connectivity index (χ1n) is 4.21. The second kappa shape index (κ2) is 3.41. The van der Waals surface area contributed by atoms with Crippen LogP contribution in [-0.4, -0.2) is 21.0 Å². The smallest absolute Gasteiger partial charge is 0.191 e. The molecule has 2 aromatic rings. The molecular formula is C9H9N5O. The Labute approximate surface area is 85.3 Å². The SMILES string of the molecule is N=C(N)Nc1ncnc2cc(O)ccc12. The summed E-state index contributed by atoms with van der Waals surface area (Å²) < 4.78 is 0. The van der Waals surface area contributed by atoms with Crippen LogP contribution in [0.1, 0.15) is 0 Å². The lowest BCUT2D eigenvalue weighted by Gasteiger charge is -2.05. The van der Waals surface area contributed by atoms with E-state index >= 15 is 0 Å². The van der Waals surface area contributed by atoms with E-state index in [9.17, 15) is 5.11 Å². The minimum absolute atomic E-state index is 0.134. The monoisotopic (exact) mass is 203 g/mol. The Kier molecular flexibility index (Phi) is 2.09. The van der Waals surface area contributed by atoms with Crippen molar-refractivity contribution in [1.29, 1.82) is 5.41 Å². The predicted octanol–water partition coefficient (Wildman–Crippen LogP) is 0.641. The third kappa shape index (κ3) is 1.78. The lowest BCUT2D eigenvalue weighted by molar-refractivity contribution is 0.476. The molecule has 2 rings (SSSR count). The van der Waals surface area contributed by atoms with Gasteiger partial charge in [-0.05, 0) is 12.1 Å². The third-order valence-corrected chi connectivity index (χ3v) is 1.87. The molecule has 0 unspecified atom stereocenters. The summed E-state index contributed by atoms with van der Waals surface area (Å²) in [4.78, 5) is 7.94. The Balaban J connectivity index is 2.60. The van der Waals surface area contributed by atoms with Crippen LogP contribution in [-0.2, 0) is 0 Å². The van der Waals surface area contributed by atoms with E-state index in [1.807, 2.05) is 0 Å². The number of aromatic hydroxyl groups is 1. The van der Waals surface area contributed by atoms with Crippen LogP contribution in [0.4, 0.5) is 5.82 Å². The molecule has 0 fully saturated rings. The van der Waals surface area contributed by atoms with Gasteiger partial charge in [0.05, 0.1) is 5.52 Å². The van der Waals surface area contributed by atoms with Gasteiger partial charge in [0.1, 0.15) is 17.9 Å². The number of rotatable bonds is 1. The number of phenols is 1. The minimum atomic E-state index is -0.192. The van der Waals surface area contributed by atoms with Crippen molar-refractivity contribution in [2.24, 2.45) is 5.73 Å². The van der Waals surface area contributed by atoms with E-state index in [2.05, 4.69) is 15.3 Å². The van der Waals surface area contributed by atoms with E-state index in [0.29, 0.717) is 16.7 Å². The zero-order valence-electron chi connectivity index (χ0n) is 7.73. The maximum Gasteiger partial charge on any atom is 0.191 e. The van der Waals surface area contributed by atoms with Gasteiger partial charge in [0.2, 0.25) is 0 Å². The van der Waals surface area contributed by atoms with Gasteiger partial charge in [-0.3, -0.25) is 5.41 Å². The van der Waals surface area contributed by atoms with Crippen LogP contribution in [0.15, 0.2) is 24.5 Å². The summed E-state index contributed by atoms with van der Waals surface area (Å²) in [6.45, 7) is 0. The van der Waals surface area contributed by atoms with Crippen molar-refractivity contribution in [2.45, 2.75) is 0 Å². The molecule has 15 heavy (non-hydrogen) atoms. The standard InChI is InChI=1S/C9H9N5O/c10-9(11)14-8-6-2-1-5(15)3-7(6)12-4-13-8/h1-4,15H,(H4,10,11,12,13,14). The molecule has 0 saturated carbocycles. The van der Waals surface area contributed by atoms with Gasteiger partial charge in [0.25, 0.3) is 0 Å². The fourth-order valence-electron chi connectivity index (χ4n) is 1.27. The fourth-order valence-corrected chi connectivity index (χ4v) is 1.27. The Morgan fingerprint density at radius 2 is 2.20 bits per heavy atom. The second-order valence-electron chi connectivity index (χ2n) is 2.96. The highest BCUT2D eigenvalue weighted by molar-refractivity contribution is 5.98. The quantitative estimate of drug-likeness (QED) is 0.402. The van der Waals surface area contributed by atoms with Crippen LogP contribution < -0.4 is 11.1 Å². The molecule has 0 saturated heterocycles. The van der Waals surface area contributed by atoms with E-state index in [-0.39, 0.29) is 11.7 Å². The van der Waals surface area contributed by atoms with E-state index in [1.54, 1.807) is 6.07 Å². The number of phenolic OH excluding ortho intramolecular Hbond substituents is 1. The van der Waals surface area contributed by atoms with Gasteiger partial charge in [-0.2, -0.15) is 0 Å². The molecule has 0 aliphatic rings. The Bertz CT molecular complexity index is 525. The average molecular weight is 203 g/mol. The number of nitrogens with zero attached hydrogens (tertiary/aromatic N) is 2. The molecule has 1 aromatic heterocycles. The zero-order chi connectivity index (χ0) is 10.8. The molecule has 76 valence electrons. The van der Waals surface area contributed by atoms with Crippen molar-refractivity contribution in [3.05, 3.63) is 24.5 Å². The summed E-state index contributed by atoms with van der Waals surface area (Å²) in [5, 5.41) is 19.7. The van der Waals surface area contributed by atoms with Crippen molar-refractivity contribution < 1.29 is 5.11 Å². The lowest BCUT2D eigenvalue weighted by Crippen LogP contribution is -2.21. The number of nitrogens with one attached hydrogen (secondary N) is 2. The summed E-state index contributed by atoms with van der Waals surface area (Å²) in [6, 6.07) is 4.70. The largest absolute Gasteiger partial charge is 0.508 e. The number of fused-ring (bicyclic) bond motifs is 1. The van der Waals surface area contributed by atoms with Gasteiger partial charge in [0, 0.05) is 11.5 Å². The molecule has 0 spiro atoms. The molecule has 1 heterocycles. The topological polar surface area (TPSA) is 108 Å². The summed E-state index contributed by atoms with van der Waals surface area (Å²) >= 11 is 0. The molecule has 5 N–H and O–H groups in total. The Morgan fingerprint density at radius 3 is 2.93 bits per heavy atom. The van der Waals surface area contributed by atoms with E-state index in [1.165, 1.54) is 18.5 Å². The summed E-state index contributed by atoms with van der Waals surface area (Å²) in [6.07, 6.45) is 1.34. The molecule has 0 amide bonds. The molecule has 1 aromatic carbocycles. The number of hydrogen-bond donors (Lipinski definition) is 4. The van der Waals surface area contributed by atoms with Crippen molar-refractivity contribution in [3.8, 4) is 5.75 Å². The van der Waals surface area contributed by atoms with Crippen molar-refractivity contribution >= 4 is 22.7 Å². The number of anilines is 1. The number of benzene rings is 1. The zero-order valence-corrected chi connectivity index (χ0v) is 7.73. The van der Waals surface area contributed by atoms with Crippen LogP contribution in [0, 0.1) is 5.41 Å². The van der Waals surface area contributed by atoms with Gasteiger partial charge in [-0.25, -0.2) is 9.97 Å². The van der Waals surface area contributed by atoms with Crippen LogP contribution >= 0.6 is 0 Å². The Morgan fingerprint density at radius 1 is 1.40 bits per heavy atom. The molecule has 0 atom stereocenters. The maximum atomic E-state index is 9.26. The van der Waals surface area contributed by atoms with Gasteiger partial charge >= 0.3 is 0 Å². The normalized spacial score (nSPS) is 10.1. The van der Waals surface area contributed by atoms with E-state index in [0.717, 1.165) is 0 Å². The van der Waals surface area contributed by atoms with Gasteiger partial charge in [-0.15, -0.1) is 0 Å². The predicted molar refractivity (Wildman–Crippen MR) is 56.7 cm³/mol. The van der Waals surface area contributed by atoms with Gasteiger partial charge in [0.15, 0.2) is 5.96 Å². The van der Waals surface area contributed by atoms with Crippen molar-refractivity contribution in [1.82, 2.24) is 9.97 Å². The highest BCUT2D eigenvalue weighted by atomic mass is 16.3. The molecule has 0 aliphatic heterocycles. The minimum Gasteiger partial charge on any atom is -0.508 e. The average Bonchev–Trinajstić information content (AvgIpc) is 2.16. The van der Waals surface area contributed by atoms with Crippen molar-refractivity contribution in [3.63, 3.8) is 0 Å². The Hall–Kier alpha value is -2.37. The number of hydrogen-bond acceptors (Lipinski definition) is 4. The van der Waals surface area contributed by atoms with Gasteiger partial charge in [-0.1, -0.05) is 0 Å². The highest BCUT2D eigenvalue weighted by Gasteiger charge is 2.04. The molecule has 0 bridgehead atoms. The molecule has 0 aliphatic carbocycles. The number of guanidine groups is 1. The summed E-state index contributed by atoms with van der Waals surface area (Å²) in [5.41, 5.74) is 5.80. The first-order valence-corrected chi connectivity index (χ1v) is 4.21. The number of aromatic nitrogens is 2. The van der Waals surface area contributed by atoms with Crippen LogP contribution in [0.3, 0.4) is 0 Å². The van der Waals surface area contributed by atoms with Crippen LogP contribution in [0.2, 0.25) is 0 Å². The van der Waals surface area contributed by atoms with E-state index < -0.39 is 0 Å². The van der Waals surface area contributed by atoms with Crippen LogP contribution in [0.25, 0.3) is 10.9 Å².